The summed E-state index contributed by atoms with van der Waals surface area (Å²) in [5.74, 6) is 0.960. The van der Waals surface area contributed by atoms with Crippen LogP contribution in [-0.4, -0.2) is 39.3 Å². The van der Waals surface area contributed by atoms with Gasteiger partial charge >= 0.3 is 0 Å². The van der Waals surface area contributed by atoms with Crippen LogP contribution in [0.4, 0.5) is 0 Å². The Morgan fingerprint density at radius 2 is 1.66 bits per heavy atom. The van der Waals surface area contributed by atoms with Crippen LogP contribution in [0.1, 0.15) is 43.6 Å². The molecule has 0 spiro atoms. The molecule has 0 radical (unpaired) electrons. The minimum absolute atomic E-state index is 0.0622. The van der Waals surface area contributed by atoms with E-state index in [1.807, 2.05) is 32.0 Å². The van der Waals surface area contributed by atoms with E-state index in [1.54, 1.807) is 26.0 Å². The summed E-state index contributed by atoms with van der Waals surface area (Å²) < 4.78 is 36.2. The van der Waals surface area contributed by atoms with Gasteiger partial charge in [0.2, 0.25) is 0 Å². The van der Waals surface area contributed by atoms with Crippen molar-refractivity contribution in [2.45, 2.75) is 44.3 Å². The van der Waals surface area contributed by atoms with Crippen LogP contribution < -0.4 is 14.8 Å². The first kappa shape index (κ1) is 22.7. The van der Waals surface area contributed by atoms with Gasteiger partial charge in [-0.1, -0.05) is 18.2 Å². The number of sulfone groups is 1. The Labute approximate surface area is 173 Å². The third-order valence-corrected chi connectivity index (χ3v) is 6.58. The molecule has 1 amide bonds. The summed E-state index contributed by atoms with van der Waals surface area (Å²) in [6.45, 7) is 8.48. The highest BCUT2D eigenvalue weighted by Gasteiger charge is 2.25. The fourth-order valence-electron chi connectivity index (χ4n) is 2.82. The lowest BCUT2D eigenvalue weighted by Crippen LogP contribution is -2.28. The number of benzene rings is 2. The van der Waals surface area contributed by atoms with Crippen molar-refractivity contribution in [3.8, 4) is 11.5 Å². The van der Waals surface area contributed by atoms with E-state index in [2.05, 4.69) is 5.32 Å². The van der Waals surface area contributed by atoms with Crippen LogP contribution in [0.15, 0.2) is 47.4 Å². The van der Waals surface area contributed by atoms with Gasteiger partial charge in [0.1, 0.15) is 0 Å². The number of rotatable bonds is 10. The molecule has 6 nitrogen and oxygen atoms in total. The zero-order valence-corrected chi connectivity index (χ0v) is 18.2. The molecule has 0 saturated carbocycles. The minimum atomic E-state index is -3.54. The van der Waals surface area contributed by atoms with Gasteiger partial charge in [0.05, 0.1) is 28.9 Å². The summed E-state index contributed by atoms with van der Waals surface area (Å²) in [7, 11) is -3.54. The fourth-order valence-corrected chi connectivity index (χ4v) is 4.07. The monoisotopic (exact) mass is 419 g/mol. The van der Waals surface area contributed by atoms with Crippen molar-refractivity contribution in [1.82, 2.24) is 5.32 Å². The van der Waals surface area contributed by atoms with Crippen LogP contribution in [0.25, 0.3) is 0 Å². The summed E-state index contributed by atoms with van der Waals surface area (Å²) in [6, 6.07) is 12.0. The molecule has 0 unspecified atom stereocenters. The van der Waals surface area contributed by atoms with E-state index in [0.29, 0.717) is 37.7 Å². The largest absolute Gasteiger partial charge is 0.490 e. The lowest BCUT2D eigenvalue weighted by molar-refractivity contribution is 0.0951. The van der Waals surface area contributed by atoms with E-state index in [1.165, 1.54) is 12.1 Å². The molecule has 0 fully saturated rings. The molecule has 0 aliphatic heterocycles. The first-order chi connectivity index (χ1) is 13.8. The van der Waals surface area contributed by atoms with Gasteiger partial charge in [-0.3, -0.25) is 4.79 Å². The molecule has 7 heteroatoms. The van der Waals surface area contributed by atoms with Gasteiger partial charge in [-0.25, -0.2) is 8.42 Å². The molecule has 0 aliphatic rings. The maximum Gasteiger partial charge on any atom is 0.252 e. The van der Waals surface area contributed by atoms with Crippen LogP contribution in [0.2, 0.25) is 0 Å². The zero-order valence-electron chi connectivity index (χ0n) is 17.4. The minimum Gasteiger partial charge on any atom is -0.490 e. The van der Waals surface area contributed by atoms with E-state index in [9.17, 15) is 13.2 Å². The molecule has 0 bridgehead atoms. The van der Waals surface area contributed by atoms with Crippen molar-refractivity contribution in [3.05, 3.63) is 53.6 Å². The average molecular weight is 420 g/mol. The van der Waals surface area contributed by atoms with Crippen LogP contribution in [-0.2, 0) is 16.3 Å². The average Bonchev–Trinajstić information content (AvgIpc) is 2.70. The number of carbonyl (C=O) groups excluding carboxylic acids is 1. The maximum absolute atomic E-state index is 12.6. The smallest absolute Gasteiger partial charge is 0.252 e. The van der Waals surface area contributed by atoms with Crippen LogP contribution in [0.5, 0.6) is 11.5 Å². The highest BCUT2D eigenvalue weighted by molar-refractivity contribution is 7.92. The van der Waals surface area contributed by atoms with Gasteiger partial charge < -0.3 is 14.8 Å². The molecule has 1 N–H and O–H groups in total. The molecule has 2 aromatic rings. The molecular formula is C22H29NO5S. The summed E-state index contributed by atoms with van der Waals surface area (Å²) in [5, 5.41) is 2.21. The predicted octanol–water partition coefficient (Wildman–Crippen LogP) is 3.64. The quantitative estimate of drug-likeness (QED) is 0.636. The molecule has 2 rings (SSSR count). The SMILES string of the molecule is CCOc1ccc(CCNC(=O)c2ccccc2S(=O)(=O)C(C)C)cc1OCC. The molecule has 0 aromatic heterocycles. The Hall–Kier alpha value is -2.54. The predicted molar refractivity (Wildman–Crippen MR) is 114 cm³/mol. The maximum atomic E-state index is 12.6. The Morgan fingerprint density at radius 1 is 1.00 bits per heavy atom. The number of amides is 1. The molecular weight excluding hydrogens is 390 g/mol. The van der Waals surface area contributed by atoms with Gasteiger partial charge in [0, 0.05) is 6.54 Å². The lowest BCUT2D eigenvalue weighted by atomic mass is 10.1. The van der Waals surface area contributed by atoms with E-state index in [0.717, 1.165) is 5.56 Å². The number of carbonyl (C=O) groups is 1. The summed E-state index contributed by atoms with van der Waals surface area (Å²) >= 11 is 0. The summed E-state index contributed by atoms with van der Waals surface area (Å²) in [6.07, 6.45) is 0.581. The van der Waals surface area contributed by atoms with Crippen molar-refractivity contribution in [3.63, 3.8) is 0 Å². The van der Waals surface area contributed by atoms with Crippen molar-refractivity contribution < 1.29 is 22.7 Å². The van der Waals surface area contributed by atoms with Crippen molar-refractivity contribution >= 4 is 15.7 Å². The number of hydrogen-bond acceptors (Lipinski definition) is 5. The first-order valence-corrected chi connectivity index (χ1v) is 11.4. The third-order valence-electron chi connectivity index (χ3n) is 4.37. The van der Waals surface area contributed by atoms with Gasteiger partial charge in [0.15, 0.2) is 21.3 Å². The molecule has 158 valence electrons. The topological polar surface area (TPSA) is 81.7 Å². The van der Waals surface area contributed by atoms with E-state index in [4.69, 9.17) is 9.47 Å². The van der Waals surface area contributed by atoms with Crippen LogP contribution >= 0.6 is 0 Å². The Morgan fingerprint density at radius 3 is 2.31 bits per heavy atom. The molecule has 29 heavy (non-hydrogen) atoms. The first-order valence-electron chi connectivity index (χ1n) is 9.80. The number of ether oxygens (including phenoxy) is 2. The van der Waals surface area contributed by atoms with E-state index in [-0.39, 0.29) is 10.5 Å². The number of hydrogen-bond donors (Lipinski definition) is 1. The fraction of sp³-hybridized carbons (Fsp3) is 0.409. The van der Waals surface area contributed by atoms with E-state index < -0.39 is 21.0 Å². The van der Waals surface area contributed by atoms with Gasteiger partial charge in [-0.05, 0) is 63.9 Å². The Bertz CT molecular complexity index is 938. The third kappa shape index (κ3) is 5.73. The lowest BCUT2D eigenvalue weighted by Gasteiger charge is -2.14. The standard InChI is InChI=1S/C22H29NO5S/c1-5-27-19-12-11-17(15-20(19)28-6-2)13-14-23-22(24)18-9-7-8-10-21(18)29(25,26)16(3)4/h7-12,15-16H,5-6,13-14H2,1-4H3,(H,23,24). The van der Waals surface area contributed by atoms with Crippen LogP contribution in [0, 0.1) is 0 Å². The van der Waals surface area contributed by atoms with E-state index >= 15 is 0 Å². The van der Waals surface area contributed by atoms with Gasteiger partial charge in [-0.15, -0.1) is 0 Å². The van der Waals surface area contributed by atoms with Gasteiger partial charge in [-0.2, -0.15) is 0 Å². The number of nitrogens with one attached hydrogen (secondary N) is 1. The van der Waals surface area contributed by atoms with Crippen molar-refractivity contribution in [1.29, 1.82) is 0 Å². The summed E-state index contributed by atoms with van der Waals surface area (Å²) in [5.41, 5.74) is 1.16. The molecule has 0 heterocycles. The normalized spacial score (nSPS) is 11.3. The Balaban J connectivity index is 2.09. The second-order valence-electron chi connectivity index (χ2n) is 6.74. The van der Waals surface area contributed by atoms with Crippen LogP contribution in [0.3, 0.4) is 0 Å². The second-order valence-corrected chi connectivity index (χ2v) is 9.22. The highest BCUT2D eigenvalue weighted by atomic mass is 32.2. The van der Waals surface area contributed by atoms with Crippen molar-refractivity contribution in [2.75, 3.05) is 19.8 Å². The molecule has 0 saturated heterocycles. The molecule has 0 atom stereocenters. The molecule has 0 aliphatic carbocycles. The van der Waals surface area contributed by atoms with Crippen molar-refractivity contribution in [2.24, 2.45) is 0 Å². The van der Waals surface area contributed by atoms with Gasteiger partial charge in [0.25, 0.3) is 5.91 Å². The highest BCUT2D eigenvalue weighted by Crippen LogP contribution is 2.28. The second kappa shape index (κ2) is 10.3. The zero-order chi connectivity index (χ0) is 21.4. The summed E-state index contributed by atoms with van der Waals surface area (Å²) in [4.78, 5) is 12.7. The molecule has 2 aromatic carbocycles. The Kier molecular flexibility index (Phi) is 8.08.